The van der Waals surface area contributed by atoms with E-state index in [-0.39, 0.29) is 16.5 Å². The molecule has 26 heavy (non-hydrogen) atoms. The van der Waals surface area contributed by atoms with Gasteiger partial charge in [-0.05, 0) is 39.0 Å². The predicted molar refractivity (Wildman–Crippen MR) is 96.3 cm³/mol. The third-order valence-corrected chi connectivity index (χ3v) is 5.76. The minimum absolute atomic E-state index is 0.0136. The first kappa shape index (κ1) is 22.1. The summed E-state index contributed by atoms with van der Waals surface area (Å²) in [5.41, 5.74) is 0.0553. The van der Waals surface area contributed by atoms with E-state index in [4.69, 9.17) is 9.47 Å². The Morgan fingerprint density at radius 1 is 1.23 bits per heavy atom. The predicted octanol–water partition coefficient (Wildman–Crippen LogP) is 1.02. The second-order valence-corrected chi connectivity index (χ2v) is 7.97. The highest BCUT2D eigenvalue weighted by molar-refractivity contribution is 7.89. The zero-order valence-corrected chi connectivity index (χ0v) is 16.5. The highest BCUT2D eigenvalue weighted by atomic mass is 32.2. The number of nitrogens with zero attached hydrogens (tertiary/aromatic N) is 1. The number of sulfonamides is 1. The molecule has 0 spiro atoms. The molecule has 0 saturated heterocycles. The molecule has 9 heteroatoms. The Labute approximate surface area is 154 Å². The molecule has 0 fully saturated rings. The average Bonchev–Trinajstić information content (AvgIpc) is 2.60. The molecule has 146 valence electrons. The van der Waals surface area contributed by atoms with Gasteiger partial charge in [0.05, 0.1) is 17.1 Å². The Balaban J connectivity index is 2.87. The lowest BCUT2D eigenvalue weighted by molar-refractivity contribution is -0.129. The lowest BCUT2D eigenvalue weighted by Crippen LogP contribution is -2.37. The molecule has 0 unspecified atom stereocenters. The molecule has 8 nitrogen and oxygen atoms in total. The molecule has 1 aromatic rings. The quantitative estimate of drug-likeness (QED) is 0.502. The average molecular weight is 386 g/mol. The van der Waals surface area contributed by atoms with Crippen LogP contribution in [0.4, 0.5) is 0 Å². The Hall–Kier alpha value is -1.97. The van der Waals surface area contributed by atoms with Gasteiger partial charge < -0.3 is 14.8 Å². The molecule has 0 aromatic heterocycles. The highest BCUT2D eigenvalue weighted by Gasteiger charge is 2.25. The molecular weight excluding hydrogens is 360 g/mol. The van der Waals surface area contributed by atoms with Crippen molar-refractivity contribution in [3.63, 3.8) is 0 Å². The SMILES string of the molecule is COCCNC(=O)[C@H](C)OC(=O)c1cccc(S(=O)(=O)N(C)C(C)C)c1. The van der Waals surface area contributed by atoms with Gasteiger partial charge in [0, 0.05) is 26.7 Å². The number of hydrogen-bond acceptors (Lipinski definition) is 6. The van der Waals surface area contributed by atoms with Crippen molar-refractivity contribution in [1.29, 1.82) is 0 Å². The number of carbonyl (C=O) groups excluding carboxylic acids is 2. The third kappa shape index (κ3) is 5.79. The van der Waals surface area contributed by atoms with Gasteiger partial charge in [-0.25, -0.2) is 13.2 Å². The minimum Gasteiger partial charge on any atom is -0.449 e. The highest BCUT2D eigenvalue weighted by Crippen LogP contribution is 2.18. The van der Waals surface area contributed by atoms with Gasteiger partial charge in [0.1, 0.15) is 0 Å². The summed E-state index contributed by atoms with van der Waals surface area (Å²) in [5.74, 6) is -1.23. The largest absolute Gasteiger partial charge is 0.449 e. The summed E-state index contributed by atoms with van der Waals surface area (Å²) in [6.45, 7) is 5.58. The summed E-state index contributed by atoms with van der Waals surface area (Å²) in [4.78, 5) is 24.1. The lowest BCUT2D eigenvalue weighted by Gasteiger charge is -2.21. The van der Waals surface area contributed by atoms with E-state index in [1.54, 1.807) is 13.8 Å². The third-order valence-electron chi connectivity index (χ3n) is 3.73. The number of benzene rings is 1. The molecule has 0 heterocycles. The van der Waals surface area contributed by atoms with Gasteiger partial charge in [0.25, 0.3) is 5.91 Å². The molecule has 1 aromatic carbocycles. The van der Waals surface area contributed by atoms with Crippen LogP contribution in [-0.2, 0) is 24.3 Å². The van der Waals surface area contributed by atoms with Crippen LogP contribution < -0.4 is 5.32 Å². The number of rotatable bonds is 9. The van der Waals surface area contributed by atoms with Crippen molar-refractivity contribution in [1.82, 2.24) is 9.62 Å². The summed E-state index contributed by atoms with van der Waals surface area (Å²) in [7, 11) is -0.745. The Morgan fingerprint density at radius 2 is 1.88 bits per heavy atom. The molecule has 1 N–H and O–H groups in total. The summed E-state index contributed by atoms with van der Waals surface area (Å²) >= 11 is 0. The molecule has 0 saturated carbocycles. The van der Waals surface area contributed by atoms with Gasteiger partial charge >= 0.3 is 5.97 Å². The summed E-state index contributed by atoms with van der Waals surface area (Å²) < 4.78 is 36.2. The monoisotopic (exact) mass is 386 g/mol. The zero-order valence-electron chi connectivity index (χ0n) is 15.7. The number of methoxy groups -OCH3 is 1. The number of nitrogens with one attached hydrogen (secondary N) is 1. The van der Waals surface area contributed by atoms with Gasteiger partial charge in [-0.3, -0.25) is 4.79 Å². The van der Waals surface area contributed by atoms with Crippen LogP contribution in [-0.4, -0.2) is 64.1 Å². The number of esters is 1. The van der Waals surface area contributed by atoms with Crippen molar-refractivity contribution in [2.75, 3.05) is 27.3 Å². The summed E-state index contributed by atoms with van der Waals surface area (Å²) in [5, 5.41) is 2.56. The molecule has 1 atom stereocenters. The van der Waals surface area contributed by atoms with Crippen LogP contribution in [0.5, 0.6) is 0 Å². The molecule has 0 aliphatic carbocycles. The second-order valence-electron chi connectivity index (χ2n) is 5.97. The summed E-state index contributed by atoms with van der Waals surface area (Å²) in [6, 6.07) is 5.32. The standard InChI is InChI=1S/C17H26N2O6S/c1-12(2)19(4)26(22,23)15-8-6-7-14(11-15)17(21)25-13(3)16(20)18-9-10-24-5/h6-8,11-13H,9-10H2,1-5H3,(H,18,20)/t13-/m0/s1. The van der Waals surface area contributed by atoms with Gasteiger partial charge in [-0.2, -0.15) is 4.31 Å². The van der Waals surface area contributed by atoms with Crippen LogP contribution in [0.25, 0.3) is 0 Å². The number of ether oxygens (including phenoxy) is 2. The number of carbonyl (C=O) groups is 2. The topological polar surface area (TPSA) is 102 Å². The van der Waals surface area contributed by atoms with Crippen LogP contribution in [0.1, 0.15) is 31.1 Å². The van der Waals surface area contributed by atoms with E-state index in [1.807, 2.05) is 0 Å². The van der Waals surface area contributed by atoms with Crippen LogP contribution in [0.15, 0.2) is 29.2 Å². The fourth-order valence-corrected chi connectivity index (χ4v) is 3.34. The molecule has 0 bridgehead atoms. The van der Waals surface area contributed by atoms with E-state index in [2.05, 4.69) is 5.32 Å². The van der Waals surface area contributed by atoms with Crippen molar-refractivity contribution in [3.8, 4) is 0 Å². The smallest absolute Gasteiger partial charge is 0.338 e. The van der Waals surface area contributed by atoms with E-state index in [0.29, 0.717) is 13.2 Å². The maximum Gasteiger partial charge on any atom is 0.338 e. The Kier molecular flexibility index (Phi) is 8.19. The fourth-order valence-electron chi connectivity index (χ4n) is 1.93. The molecule has 1 rings (SSSR count). The first-order valence-corrected chi connectivity index (χ1v) is 9.61. The maximum atomic E-state index is 12.5. The molecular formula is C17H26N2O6S. The van der Waals surface area contributed by atoms with Crippen LogP contribution in [0, 0.1) is 0 Å². The van der Waals surface area contributed by atoms with E-state index < -0.39 is 28.0 Å². The molecule has 0 radical (unpaired) electrons. The summed E-state index contributed by atoms with van der Waals surface area (Å²) in [6.07, 6.45) is -1.02. The Morgan fingerprint density at radius 3 is 2.46 bits per heavy atom. The lowest BCUT2D eigenvalue weighted by atomic mass is 10.2. The minimum atomic E-state index is -3.72. The van der Waals surface area contributed by atoms with Crippen LogP contribution in [0.3, 0.4) is 0 Å². The van der Waals surface area contributed by atoms with Crippen molar-refractivity contribution >= 4 is 21.9 Å². The van der Waals surface area contributed by atoms with E-state index in [9.17, 15) is 18.0 Å². The van der Waals surface area contributed by atoms with E-state index in [0.717, 1.165) is 0 Å². The van der Waals surface area contributed by atoms with Crippen LogP contribution >= 0.6 is 0 Å². The van der Waals surface area contributed by atoms with Crippen molar-refractivity contribution in [2.45, 2.75) is 37.8 Å². The molecule has 0 aliphatic heterocycles. The van der Waals surface area contributed by atoms with Gasteiger partial charge in [0.15, 0.2) is 6.10 Å². The Bertz CT molecular complexity index is 733. The van der Waals surface area contributed by atoms with Gasteiger partial charge in [-0.1, -0.05) is 6.07 Å². The normalized spacial score (nSPS) is 12.9. The maximum absolute atomic E-state index is 12.5. The van der Waals surface area contributed by atoms with Gasteiger partial charge in [0.2, 0.25) is 10.0 Å². The van der Waals surface area contributed by atoms with Crippen LogP contribution in [0.2, 0.25) is 0 Å². The van der Waals surface area contributed by atoms with Gasteiger partial charge in [-0.15, -0.1) is 0 Å². The number of hydrogen-bond donors (Lipinski definition) is 1. The van der Waals surface area contributed by atoms with Crippen molar-refractivity contribution < 1.29 is 27.5 Å². The first-order valence-electron chi connectivity index (χ1n) is 8.17. The van der Waals surface area contributed by atoms with E-state index in [1.165, 1.54) is 49.7 Å². The second kappa shape index (κ2) is 9.65. The first-order chi connectivity index (χ1) is 12.1. The fraction of sp³-hybridized carbons (Fsp3) is 0.529. The molecule has 1 amide bonds. The zero-order chi connectivity index (χ0) is 19.9. The molecule has 0 aliphatic rings. The van der Waals surface area contributed by atoms with Crippen molar-refractivity contribution in [3.05, 3.63) is 29.8 Å². The number of amides is 1. The van der Waals surface area contributed by atoms with Crippen molar-refractivity contribution in [2.24, 2.45) is 0 Å². The van der Waals surface area contributed by atoms with E-state index >= 15 is 0 Å².